The van der Waals surface area contributed by atoms with Crippen LogP contribution in [-0.2, 0) is 9.59 Å². The normalized spacial score (nSPS) is 14.3. The van der Waals surface area contributed by atoms with Crippen LogP contribution in [0.1, 0.15) is 11.1 Å². The number of anilines is 3. The van der Waals surface area contributed by atoms with Crippen LogP contribution in [0.15, 0.2) is 71.6 Å². The molecule has 1 heterocycles. The number of carbonyl (C=O) groups is 2. The zero-order chi connectivity index (χ0) is 25.8. The molecule has 0 aromatic heterocycles. The van der Waals surface area contributed by atoms with Crippen molar-refractivity contribution < 1.29 is 14.3 Å². The predicted molar refractivity (Wildman–Crippen MR) is 153 cm³/mol. The summed E-state index contributed by atoms with van der Waals surface area (Å²) in [4.78, 5) is 29.3. The van der Waals surface area contributed by atoms with Gasteiger partial charge in [0.25, 0.3) is 11.8 Å². The van der Waals surface area contributed by atoms with Gasteiger partial charge in [-0.1, -0.05) is 53.8 Å². The van der Waals surface area contributed by atoms with E-state index >= 15 is 0 Å². The van der Waals surface area contributed by atoms with Crippen molar-refractivity contribution in [3.63, 3.8) is 0 Å². The Kier molecular flexibility index (Phi) is 7.98. The van der Waals surface area contributed by atoms with Gasteiger partial charge < -0.3 is 15.0 Å². The molecule has 0 spiro atoms. The molecule has 1 fully saturated rings. The molecule has 4 rings (SSSR count). The molecule has 1 N–H and O–H groups in total. The molecule has 3 aromatic rings. The van der Waals surface area contributed by atoms with Gasteiger partial charge in [0.15, 0.2) is 10.9 Å². The number of rotatable bonds is 7. The van der Waals surface area contributed by atoms with E-state index in [0.29, 0.717) is 25.7 Å². The third-order valence-electron chi connectivity index (χ3n) is 5.42. The number of nitrogens with zero attached hydrogens (tertiary/aromatic N) is 2. The third-order valence-corrected chi connectivity index (χ3v) is 7.13. The summed E-state index contributed by atoms with van der Waals surface area (Å²) in [5, 5.41) is 3.34. The maximum Gasteiger partial charge on any atom is 0.270 e. The van der Waals surface area contributed by atoms with Gasteiger partial charge in [-0.05, 0) is 72.7 Å². The van der Waals surface area contributed by atoms with Gasteiger partial charge in [0.2, 0.25) is 0 Å². The van der Waals surface area contributed by atoms with E-state index in [9.17, 15) is 9.59 Å². The molecule has 0 aliphatic carbocycles. The first-order valence-corrected chi connectivity index (χ1v) is 12.7. The first-order chi connectivity index (χ1) is 17.2. The standard InChI is InChI=1S/C27H24ClN3O3S2/c1-17-4-7-19(15-23(17)28)29-25(32)16-34-22-12-5-18(6-13-22)14-24-26(33)31(27(35)36-24)21-10-8-20(9-11-21)30(2)3/h4-15H,16H2,1-3H3,(H,29,32)/b24-14-. The van der Waals surface area contributed by atoms with Crippen LogP contribution >= 0.6 is 35.6 Å². The highest BCUT2D eigenvalue weighted by Gasteiger charge is 2.33. The van der Waals surface area contributed by atoms with E-state index in [1.807, 2.05) is 68.4 Å². The van der Waals surface area contributed by atoms with Crippen molar-refractivity contribution in [1.29, 1.82) is 0 Å². The lowest BCUT2D eigenvalue weighted by atomic mass is 10.2. The highest BCUT2D eigenvalue weighted by atomic mass is 35.5. The Balaban J connectivity index is 1.36. The number of hydrogen-bond acceptors (Lipinski definition) is 6. The summed E-state index contributed by atoms with van der Waals surface area (Å²) >= 11 is 12.8. The second-order valence-corrected chi connectivity index (χ2v) is 10.4. The molecule has 36 heavy (non-hydrogen) atoms. The number of thiocarbonyl (C=S) groups is 1. The molecule has 0 radical (unpaired) electrons. The molecule has 3 aromatic carbocycles. The summed E-state index contributed by atoms with van der Waals surface area (Å²) in [5.41, 5.74) is 4.15. The zero-order valence-corrected chi connectivity index (χ0v) is 22.3. The van der Waals surface area contributed by atoms with Crippen LogP contribution in [0.5, 0.6) is 5.75 Å². The Morgan fingerprint density at radius 3 is 2.44 bits per heavy atom. The quantitative estimate of drug-likeness (QED) is 0.288. The number of thioether (sulfide) groups is 1. The van der Waals surface area contributed by atoms with Crippen LogP contribution in [0.3, 0.4) is 0 Å². The molecular formula is C27H24ClN3O3S2. The van der Waals surface area contributed by atoms with E-state index in [4.69, 9.17) is 28.6 Å². The van der Waals surface area contributed by atoms with Crippen LogP contribution in [0.25, 0.3) is 6.08 Å². The van der Waals surface area contributed by atoms with E-state index in [2.05, 4.69) is 5.32 Å². The molecule has 0 unspecified atom stereocenters. The molecule has 0 saturated carbocycles. The first kappa shape index (κ1) is 25.8. The Morgan fingerprint density at radius 1 is 1.11 bits per heavy atom. The van der Waals surface area contributed by atoms with Crippen LogP contribution in [0.4, 0.5) is 17.1 Å². The second kappa shape index (κ2) is 11.2. The largest absolute Gasteiger partial charge is 0.484 e. The van der Waals surface area contributed by atoms with Crippen LogP contribution < -0.4 is 19.9 Å². The second-order valence-electron chi connectivity index (χ2n) is 8.30. The highest BCUT2D eigenvalue weighted by Crippen LogP contribution is 2.36. The molecule has 0 atom stereocenters. The van der Waals surface area contributed by atoms with E-state index in [1.54, 1.807) is 35.2 Å². The minimum atomic E-state index is -0.290. The number of carbonyl (C=O) groups excluding carboxylic acids is 2. The lowest BCUT2D eigenvalue weighted by Crippen LogP contribution is -2.27. The summed E-state index contributed by atoms with van der Waals surface area (Å²) in [7, 11) is 3.93. The Bertz CT molecular complexity index is 1340. The maximum atomic E-state index is 13.0. The lowest BCUT2D eigenvalue weighted by Gasteiger charge is -2.17. The van der Waals surface area contributed by atoms with Crippen molar-refractivity contribution in [3.05, 3.63) is 87.8 Å². The minimum absolute atomic E-state index is 0.143. The number of aryl methyl sites for hydroxylation is 1. The number of hydrogen-bond donors (Lipinski definition) is 1. The molecule has 2 amide bonds. The van der Waals surface area contributed by atoms with Gasteiger partial charge in [-0.25, -0.2) is 0 Å². The van der Waals surface area contributed by atoms with Gasteiger partial charge in [0.05, 0.1) is 10.6 Å². The first-order valence-electron chi connectivity index (χ1n) is 11.1. The molecule has 1 saturated heterocycles. The number of halogens is 1. The molecule has 1 aliphatic rings. The van der Waals surface area contributed by atoms with E-state index in [1.165, 1.54) is 11.8 Å². The average Bonchev–Trinajstić information content (AvgIpc) is 3.13. The van der Waals surface area contributed by atoms with Gasteiger partial charge in [-0.3, -0.25) is 14.5 Å². The molecule has 6 nitrogen and oxygen atoms in total. The number of benzene rings is 3. The van der Waals surface area contributed by atoms with Gasteiger partial charge in [0, 0.05) is 30.5 Å². The fraction of sp³-hybridized carbons (Fsp3) is 0.148. The topological polar surface area (TPSA) is 61.9 Å². The van der Waals surface area contributed by atoms with Crippen LogP contribution in [-0.4, -0.2) is 36.8 Å². The van der Waals surface area contributed by atoms with Crippen LogP contribution in [0, 0.1) is 6.92 Å². The summed E-state index contributed by atoms with van der Waals surface area (Å²) < 4.78 is 6.08. The number of amides is 2. The van der Waals surface area contributed by atoms with E-state index < -0.39 is 0 Å². The number of ether oxygens (including phenoxy) is 1. The molecule has 9 heteroatoms. The SMILES string of the molecule is Cc1ccc(NC(=O)COc2ccc(/C=C3\SC(=S)N(c4ccc(N(C)C)cc4)C3=O)cc2)cc1Cl. The fourth-order valence-corrected chi connectivity index (χ4v) is 4.90. The Labute approximate surface area is 224 Å². The van der Waals surface area contributed by atoms with Gasteiger partial charge in [-0.15, -0.1) is 0 Å². The maximum absolute atomic E-state index is 13.0. The molecule has 0 bridgehead atoms. The van der Waals surface area contributed by atoms with Gasteiger partial charge in [0.1, 0.15) is 5.75 Å². The van der Waals surface area contributed by atoms with Crippen LogP contribution in [0.2, 0.25) is 5.02 Å². The molecule has 1 aliphatic heterocycles. The van der Waals surface area contributed by atoms with Gasteiger partial charge in [-0.2, -0.15) is 0 Å². The fourth-order valence-electron chi connectivity index (χ4n) is 3.42. The lowest BCUT2D eigenvalue weighted by molar-refractivity contribution is -0.118. The minimum Gasteiger partial charge on any atom is -0.484 e. The summed E-state index contributed by atoms with van der Waals surface area (Å²) in [5.74, 6) is 0.0925. The summed E-state index contributed by atoms with van der Waals surface area (Å²) in [6.45, 7) is 1.75. The Morgan fingerprint density at radius 2 is 1.81 bits per heavy atom. The zero-order valence-electron chi connectivity index (χ0n) is 19.9. The summed E-state index contributed by atoms with van der Waals surface area (Å²) in [6.07, 6.45) is 1.80. The van der Waals surface area contributed by atoms with Crippen molar-refractivity contribution in [3.8, 4) is 5.75 Å². The van der Waals surface area contributed by atoms with Crippen molar-refractivity contribution >= 4 is 74.9 Å². The molecular weight excluding hydrogens is 514 g/mol. The van der Waals surface area contributed by atoms with Crippen molar-refractivity contribution in [1.82, 2.24) is 0 Å². The van der Waals surface area contributed by atoms with Crippen molar-refractivity contribution in [2.45, 2.75) is 6.92 Å². The van der Waals surface area contributed by atoms with Gasteiger partial charge >= 0.3 is 0 Å². The average molecular weight is 538 g/mol. The predicted octanol–water partition coefficient (Wildman–Crippen LogP) is 6.14. The summed E-state index contributed by atoms with van der Waals surface area (Å²) in [6, 6.07) is 20.2. The highest BCUT2D eigenvalue weighted by molar-refractivity contribution is 8.27. The third kappa shape index (κ3) is 6.07. The van der Waals surface area contributed by atoms with E-state index in [0.717, 1.165) is 22.5 Å². The Hall–Kier alpha value is -3.33. The molecule has 184 valence electrons. The van der Waals surface area contributed by atoms with E-state index in [-0.39, 0.29) is 18.4 Å². The monoisotopic (exact) mass is 537 g/mol. The number of nitrogens with one attached hydrogen (secondary N) is 1. The van der Waals surface area contributed by atoms with Crippen molar-refractivity contribution in [2.75, 3.05) is 35.8 Å². The smallest absolute Gasteiger partial charge is 0.270 e. The van der Waals surface area contributed by atoms with Crippen molar-refractivity contribution in [2.24, 2.45) is 0 Å².